The fourth-order valence-corrected chi connectivity index (χ4v) is 1.89. The lowest BCUT2D eigenvalue weighted by molar-refractivity contribution is -0.138. The fraction of sp³-hybridized carbons (Fsp3) is 0.625. The molecular weight excluding hydrogens is 172 g/mol. The number of carboxylic acids is 1. The van der Waals surface area contributed by atoms with Gasteiger partial charge >= 0.3 is 5.97 Å². The van der Waals surface area contributed by atoms with Gasteiger partial charge in [-0.15, -0.1) is 6.58 Å². The van der Waals surface area contributed by atoms with Crippen LogP contribution in [0.2, 0.25) is 19.6 Å². The Labute approximate surface area is 74.2 Å². The molecule has 0 spiro atoms. The molecule has 0 aliphatic rings. The number of carbonyl (C=O) groups is 1. The van der Waals surface area contributed by atoms with Crippen LogP contribution in [-0.2, 0) is 9.22 Å². The molecule has 0 radical (unpaired) electrons. The van der Waals surface area contributed by atoms with Crippen molar-refractivity contribution in [2.45, 2.75) is 32.2 Å². The van der Waals surface area contributed by atoms with E-state index >= 15 is 0 Å². The van der Waals surface area contributed by atoms with E-state index in [1.165, 1.54) is 0 Å². The Morgan fingerprint density at radius 1 is 1.67 bits per heavy atom. The minimum atomic E-state index is -1.64. The monoisotopic (exact) mass is 188 g/mol. The van der Waals surface area contributed by atoms with Crippen LogP contribution in [0.3, 0.4) is 0 Å². The van der Waals surface area contributed by atoms with Crippen molar-refractivity contribution in [2.75, 3.05) is 0 Å². The van der Waals surface area contributed by atoms with Gasteiger partial charge in [0.25, 0.3) is 0 Å². The van der Waals surface area contributed by atoms with Crippen LogP contribution in [0, 0.1) is 0 Å². The van der Waals surface area contributed by atoms with Gasteiger partial charge in [-0.1, -0.05) is 6.08 Å². The van der Waals surface area contributed by atoms with E-state index < -0.39 is 14.3 Å². The third kappa shape index (κ3) is 6.12. The quantitative estimate of drug-likeness (QED) is 0.529. The molecule has 0 aromatic carbocycles. The van der Waals surface area contributed by atoms with Crippen LogP contribution in [0.5, 0.6) is 0 Å². The van der Waals surface area contributed by atoms with Crippen LogP contribution in [0.4, 0.5) is 0 Å². The zero-order chi connectivity index (χ0) is 9.78. The third-order valence-electron chi connectivity index (χ3n) is 1.14. The highest BCUT2D eigenvalue weighted by molar-refractivity contribution is 6.69. The molecule has 0 aliphatic heterocycles. The SMILES string of the molecule is C=CC(CC(=O)O)O[Si](C)(C)C. The average Bonchev–Trinajstić information content (AvgIpc) is 1.82. The van der Waals surface area contributed by atoms with Crippen molar-refractivity contribution in [2.24, 2.45) is 0 Å². The Balaban J connectivity index is 4.00. The molecule has 1 atom stereocenters. The van der Waals surface area contributed by atoms with Crippen molar-refractivity contribution in [1.82, 2.24) is 0 Å². The Bertz CT molecular complexity index is 172. The minimum absolute atomic E-state index is 0.00771. The van der Waals surface area contributed by atoms with Gasteiger partial charge in [0.15, 0.2) is 8.32 Å². The fourth-order valence-electron chi connectivity index (χ4n) is 0.799. The van der Waals surface area contributed by atoms with E-state index in [-0.39, 0.29) is 12.5 Å². The summed E-state index contributed by atoms with van der Waals surface area (Å²) in [5.41, 5.74) is 0. The lowest BCUT2D eigenvalue weighted by Crippen LogP contribution is -2.32. The first-order valence-electron chi connectivity index (χ1n) is 3.87. The molecule has 0 saturated heterocycles. The van der Waals surface area contributed by atoms with Crippen molar-refractivity contribution < 1.29 is 14.3 Å². The van der Waals surface area contributed by atoms with Crippen LogP contribution in [0.25, 0.3) is 0 Å². The van der Waals surface area contributed by atoms with Gasteiger partial charge < -0.3 is 9.53 Å². The predicted molar refractivity (Wildman–Crippen MR) is 50.7 cm³/mol. The zero-order valence-electron chi connectivity index (χ0n) is 7.83. The zero-order valence-corrected chi connectivity index (χ0v) is 8.83. The van der Waals surface area contributed by atoms with Gasteiger partial charge in [0, 0.05) is 0 Å². The number of carboxylic acid groups (broad SMARTS) is 1. The van der Waals surface area contributed by atoms with Crippen molar-refractivity contribution in [3.63, 3.8) is 0 Å². The van der Waals surface area contributed by atoms with Crippen LogP contribution >= 0.6 is 0 Å². The van der Waals surface area contributed by atoms with Crippen LogP contribution in [-0.4, -0.2) is 25.5 Å². The van der Waals surface area contributed by atoms with E-state index in [1.807, 2.05) is 19.6 Å². The van der Waals surface area contributed by atoms with E-state index in [4.69, 9.17) is 9.53 Å². The summed E-state index contributed by atoms with van der Waals surface area (Å²) in [6.07, 6.45) is 1.22. The Morgan fingerprint density at radius 3 is 2.42 bits per heavy atom. The van der Waals surface area contributed by atoms with E-state index in [2.05, 4.69) is 6.58 Å². The molecule has 0 heterocycles. The highest BCUT2D eigenvalue weighted by atomic mass is 28.4. The highest BCUT2D eigenvalue weighted by Gasteiger charge is 2.20. The van der Waals surface area contributed by atoms with Gasteiger partial charge in [-0.3, -0.25) is 4.79 Å². The lowest BCUT2D eigenvalue weighted by atomic mass is 10.2. The smallest absolute Gasteiger partial charge is 0.306 e. The van der Waals surface area contributed by atoms with Gasteiger partial charge in [0.2, 0.25) is 0 Å². The molecule has 3 nitrogen and oxygen atoms in total. The molecule has 0 aromatic rings. The van der Waals surface area contributed by atoms with Crippen molar-refractivity contribution in [3.05, 3.63) is 12.7 Å². The maximum atomic E-state index is 10.3. The highest BCUT2D eigenvalue weighted by Crippen LogP contribution is 2.10. The van der Waals surface area contributed by atoms with Crippen molar-refractivity contribution >= 4 is 14.3 Å². The molecule has 0 amide bonds. The van der Waals surface area contributed by atoms with Gasteiger partial charge in [-0.2, -0.15) is 0 Å². The lowest BCUT2D eigenvalue weighted by Gasteiger charge is -2.22. The first kappa shape index (κ1) is 11.4. The van der Waals surface area contributed by atoms with Crippen molar-refractivity contribution in [1.29, 1.82) is 0 Å². The average molecular weight is 188 g/mol. The molecule has 0 aliphatic carbocycles. The number of hydrogen-bond donors (Lipinski definition) is 1. The second-order valence-corrected chi connectivity index (χ2v) is 8.06. The molecule has 0 rings (SSSR count). The van der Waals surface area contributed by atoms with Gasteiger partial charge in [0.05, 0.1) is 12.5 Å². The summed E-state index contributed by atoms with van der Waals surface area (Å²) >= 11 is 0. The normalized spacial score (nSPS) is 13.9. The topological polar surface area (TPSA) is 46.5 Å². The summed E-state index contributed by atoms with van der Waals surface area (Å²) in [6.45, 7) is 9.59. The Hall–Kier alpha value is -0.613. The molecule has 0 aromatic heterocycles. The summed E-state index contributed by atoms with van der Waals surface area (Å²) in [5.74, 6) is -0.849. The molecule has 0 bridgehead atoms. The summed E-state index contributed by atoms with van der Waals surface area (Å²) < 4.78 is 5.54. The van der Waals surface area contributed by atoms with Crippen LogP contribution in [0.15, 0.2) is 12.7 Å². The van der Waals surface area contributed by atoms with Gasteiger partial charge in [-0.25, -0.2) is 0 Å². The molecule has 0 saturated carbocycles. The Kier molecular flexibility index (Phi) is 4.20. The van der Waals surface area contributed by atoms with E-state index in [9.17, 15) is 4.79 Å². The Morgan fingerprint density at radius 2 is 2.17 bits per heavy atom. The molecule has 0 fully saturated rings. The summed E-state index contributed by atoms with van der Waals surface area (Å²) in [4.78, 5) is 10.3. The maximum Gasteiger partial charge on any atom is 0.306 e. The molecular formula is C8H16O3Si. The van der Waals surface area contributed by atoms with E-state index in [0.717, 1.165) is 0 Å². The summed E-state index contributed by atoms with van der Waals surface area (Å²) in [6, 6.07) is 0. The molecule has 70 valence electrons. The van der Waals surface area contributed by atoms with Gasteiger partial charge in [-0.05, 0) is 19.6 Å². The molecule has 12 heavy (non-hydrogen) atoms. The van der Waals surface area contributed by atoms with E-state index in [1.54, 1.807) is 6.08 Å². The standard InChI is InChI=1S/C8H16O3Si/c1-5-7(6-8(9)10)11-12(2,3)4/h5,7H,1,6H2,2-4H3,(H,9,10). The third-order valence-corrected chi connectivity index (χ3v) is 2.15. The molecule has 1 N–H and O–H groups in total. The minimum Gasteiger partial charge on any atom is -0.481 e. The first-order chi connectivity index (χ1) is 5.35. The van der Waals surface area contributed by atoms with Crippen molar-refractivity contribution in [3.8, 4) is 0 Å². The second kappa shape index (κ2) is 4.42. The number of hydrogen-bond acceptors (Lipinski definition) is 2. The molecule has 1 unspecified atom stereocenters. The first-order valence-corrected chi connectivity index (χ1v) is 7.28. The second-order valence-electron chi connectivity index (χ2n) is 3.60. The van der Waals surface area contributed by atoms with Crippen LogP contribution in [0.1, 0.15) is 6.42 Å². The number of aliphatic carboxylic acids is 1. The summed E-state index contributed by atoms with van der Waals surface area (Å²) in [5, 5.41) is 8.50. The molecule has 4 heteroatoms. The van der Waals surface area contributed by atoms with Gasteiger partial charge in [0.1, 0.15) is 0 Å². The maximum absolute atomic E-state index is 10.3. The van der Waals surface area contributed by atoms with E-state index in [0.29, 0.717) is 0 Å². The number of rotatable bonds is 5. The largest absolute Gasteiger partial charge is 0.481 e. The summed E-state index contributed by atoms with van der Waals surface area (Å²) in [7, 11) is -1.64. The van der Waals surface area contributed by atoms with Crippen LogP contribution < -0.4 is 0 Å². The predicted octanol–water partition coefficient (Wildman–Crippen LogP) is 1.87.